The lowest BCUT2D eigenvalue weighted by molar-refractivity contribution is 0.0597. The molecule has 0 saturated carbocycles. The predicted molar refractivity (Wildman–Crippen MR) is 44.0 cm³/mol. The van der Waals surface area contributed by atoms with Crippen molar-refractivity contribution in [1.82, 2.24) is 20.4 Å². The summed E-state index contributed by atoms with van der Waals surface area (Å²) in [6.45, 7) is 3.17. The van der Waals surface area contributed by atoms with Gasteiger partial charge in [-0.3, -0.25) is 20.4 Å². The lowest BCUT2D eigenvalue weighted by Crippen LogP contribution is -2.59. The van der Waals surface area contributed by atoms with E-state index in [1.54, 1.807) is 0 Å². The van der Waals surface area contributed by atoms with E-state index in [9.17, 15) is 0 Å². The van der Waals surface area contributed by atoms with Crippen LogP contribution in [0.5, 0.6) is 0 Å². The number of nitrogens with zero attached hydrogens (tertiary/aromatic N) is 2. The van der Waals surface area contributed by atoms with Crippen molar-refractivity contribution in [2.45, 2.75) is 12.2 Å². The van der Waals surface area contributed by atoms with Gasteiger partial charge >= 0.3 is 0 Å². The second-order valence-corrected chi connectivity index (χ2v) is 3.57. The van der Waals surface area contributed by atoms with Crippen molar-refractivity contribution in [3.05, 3.63) is 0 Å². The van der Waals surface area contributed by atoms with E-state index in [1.165, 1.54) is 0 Å². The van der Waals surface area contributed by atoms with Crippen LogP contribution in [0.3, 0.4) is 0 Å². The maximum Gasteiger partial charge on any atom is 0.0786 e. The van der Waals surface area contributed by atoms with Gasteiger partial charge in [-0.2, -0.15) is 0 Å². The molecule has 4 nitrogen and oxygen atoms in total. The van der Waals surface area contributed by atoms with Crippen LogP contribution in [0.2, 0.25) is 0 Å². The second-order valence-electron chi connectivity index (χ2n) is 3.57. The van der Waals surface area contributed by atoms with Gasteiger partial charge in [-0.15, -0.1) is 0 Å². The molecular formula is C7H16N4. The zero-order valence-electron chi connectivity index (χ0n) is 7.17. The summed E-state index contributed by atoms with van der Waals surface area (Å²) in [4.78, 5) is 4.68. The highest BCUT2D eigenvalue weighted by Gasteiger charge is 2.34. The van der Waals surface area contributed by atoms with E-state index in [0.717, 1.165) is 19.9 Å². The monoisotopic (exact) mass is 156 g/mol. The van der Waals surface area contributed by atoms with Crippen LogP contribution in [0, 0.1) is 0 Å². The standard InChI is InChI=1S/C7H16N4/c1-10-3-6-7(9-4-8-6)11(2)5-10/h6-9H,3-5H2,1-2H3. The van der Waals surface area contributed by atoms with E-state index in [0.29, 0.717) is 12.2 Å². The third-order valence-corrected chi connectivity index (χ3v) is 2.50. The maximum atomic E-state index is 3.42. The first kappa shape index (κ1) is 7.49. The Bertz CT molecular complexity index is 149. The minimum atomic E-state index is 0.547. The largest absolute Gasteiger partial charge is 0.298 e. The predicted octanol–water partition coefficient (Wildman–Crippen LogP) is -1.33. The highest BCUT2D eigenvalue weighted by molar-refractivity contribution is 4.91. The van der Waals surface area contributed by atoms with Crippen LogP contribution in [0.15, 0.2) is 0 Å². The van der Waals surface area contributed by atoms with Gasteiger partial charge in [0.1, 0.15) is 0 Å². The number of likely N-dealkylation sites (N-methyl/N-ethyl adjacent to an activating group) is 2. The quantitative estimate of drug-likeness (QED) is 0.455. The molecule has 2 unspecified atom stereocenters. The van der Waals surface area contributed by atoms with Gasteiger partial charge in [0.05, 0.1) is 12.8 Å². The third-order valence-electron chi connectivity index (χ3n) is 2.50. The van der Waals surface area contributed by atoms with Crippen LogP contribution in [0.4, 0.5) is 0 Å². The highest BCUT2D eigenvalue weighted by Crippen LogP contribution is 2.11. The fourth-order valence-corrected chi connectivity index (χ4v) is 2.04. The molecule has 2 fully saturated rings. The summed E-state index contributed by atoms with van der Waals surface area (Å²) >= 11 is 0. The summed E-state index contributed by atoms with van der Waals surface area (Å²) < 4.78 is 0. The number of fused-ring (bicyclic) bond motifs is 1. The van der Waals surface area contributed by atoms with Crippen molar-refractivity contribution in [2.75, 3.05) is 34.0 Å². The zero-order chi connectivity index (χ0) is 7.84. The Morgan fingerprint density at radius 3 is 2.91 bits per heavy atom. The topological polar surface area (TPSA) is 30.5 Å². The van der Waals surface area contributed by atoms with Gasteiger partial charge in [0.2, 0.25) is 0 Å². The summed E-state index contributed by atoms with van der Waals surface area (Å²) in [6, 6.07) is 0.610. The molecule has 0 bridgehead atoms. The van der Waals surface area contributed by atoms with Crippen LogP contribution in [-0.4, -0.2) is 56.0 Å². The van der Waals surface area contributed by atoms with Crippen molar-refractivity contribution in [3.8, 4) is 0 Å². The molecule has 2 heterocycles. The first-order chi connectivity index (χ1) is 5.27. The smallest absolute Gasteiger partial charge is 0.0786 e. The SMILES string of the molecule is CN1CC2NCNC2N(C)C1. The number of hydrogen-bond acceptors (Lipinski definition) is 4. The van der Waals surface area contributed by atoms with Gasteiger partial charge < -0.3 is 0 Å². The van der Waals surface area contributed by atoms with Crippen LogP contribution in [-0.2, 0) is 0 Å². The van der Waals surface area contributed by atoms with Gasteiger partial charge in [-0.25, -0.2) is 0 Å². The van der Waals surface area contributed by atoms with E-state index < -0.39 is 0 Å². The van der Waals surface area contributed by atoms with Crippen LogP contribution in [0.1, 0.15) is 0 Å². The van der Waals surface area contributed by atoms with Crippen LogP contribution in [0.25, 0.3) is 0 Å². The zero-order valence-corrected chi connectivity index (χ0v) is 7.17. The molecule has 2 rings (SSSR count). The van der Waals surface area contributed by atoms with Gasteiger partial charge in [0.25, 0.3) is 0 Å². The van der Waals surface area contributed by atoms with E-state index >= 15 is 0 Å². The van der Waals surface area contributed by atoms with Crippen molar-refractivity contribution < 1.29 is 0 Å². The molecule has 2 atom stereocenters. The lowest BCUT2D eigenvalue weighted by atomic mass is 10.2. The molecule has 0 aliphatic carbocycles. The molecule has 0 aromatic heterocycles. The fourth-order valence-electron chi connectivity index (χ4n) is 2.04. The molecular weight excluding hydrogens is 140 g/mol. The first-order valence-electron chi connectivity index (χ1n) is 4.13. The first-order valence-corrected chi connectivity index (χ1v) is 4.13. The van der Waals surface area contributed by atoms with Gasteiger partial charge in [0.15, 0.2) is 0 Å². The average molecular weight is 156 g/mol. The van der Waals surface area contributed by atoms with Gasteiger partial charge in [0, 0.05) is 19.3 Å². The highest BCUT2D eigenvalue weighted by atomic mass is 15.4. The van der Waals surface area contributed by atoms with Crippen molar-refractivity contribution in [2.24, 2.45) is 0 Å². The molecule has 2 aliphatic heterocycles. The Hall–Kier alpha value is -0.160. The van der Waals surface area contributed by atoms with Crippen molar-refractivity contribution in [1.29, 1.82) is 0 Å². The van der Waals surface area contributed by atoms with Gasteiger partial charge in [-0.05, 0) is 14.1 Å². The minimum Gasteiger partial charge on any atom is -0.298 e. The van der Waals surface area contributed by atoms with E-state index in [-0.39, 0.29) is 0 Å². The van der Waals surface area contributed by atoms with E-state index in [2.05, 4.69) is 34.5 Å². The molecule has 11 heavy (non-hydrogen) atoms. The molecule has 0 aromatic rings. The molecule has 0 radical (unpaired) electrons. The number of nitrogens with one attached hydrogen (secondary N) is 2. The van der Waals surface area contributed by atoms with E-state index in [1.807, 2.05) is 0 Å². The summed E-state index contributed by atoms with van der Waals surface area (Å²) in [5.41, 5.74) is 0. The maximum absolute atomic E-state index is 3.42. The Labute approximate surface area is 67.5 Å². The van der Waals surface area contributed by atoms with Crippen LogP contribution >= 0.6 is 0 Å². The average Bonchev–Trinajstić information content (AvgIpc) is 2.34. The Kier molecular flexibility index (Phi) is 1.85. The molecule has 2 N–H and O–H groups in total. The molecule has 64 valence electrons. The minimum absolute atomic E-state index is 0.547. The van der Waals surface area contributed by atoms with Crippen molar-refractivity contribution >= 4 is 0 Å². The number of rotatable bonds is 0. The molecule has 0 aromatic carbocycles. The lowest BCUT2D eigenvalue weighted by Gasteiger charge is -2.39. The molecule has 0 spiro atoms. The summed E-state index contributed by atoms with van der Waals surface area (Å²) in [5.74, 6) is 0. The third kappa shape index (κ3) is 1.27. The van der Waals surface area contributed by atoms with Gasteiger partial charge in [-0.1, -0.05) is 0 Å². The van der Waals surface area contributed by atoms with Crippen molar-refractivity contribution in [3.63, 3.8) is 0 Å². The Morgan fingerprint density at radius 2 is 2.09 bits per heavy atom. The second kappa shape index (κ2) is 2.71. The molecule has 0 amide bonds. The Balaban J connectivity index is 2.04. The molecule has 4 heteroatoms. The summed E-state index contributed by atoms with van der Waals surface area (Å²) in [7, 11) is 4.32. The number of hydrogen-bond donors (Lipinski definition) is 2. The Morgan fingerprint density at radius 1 is 1.27 bits per heavy atom. The summed E-state index contributed by atoms with van der Waals surface area (Å²) in [5, 5.41) is 6.84. The molecule has 2 saturated heterocycles. The van der Waals surface area contributed by atoms with Crippen LogP contribution < -0.4 is 10.6 Å². The molecule has 2 aliphatic rings. The summed E-state index contributed by atoms with van der Waals surface area (Å²) in [6.07, 6.45) is 0.547. The fraction of sp³-hybridized carbons (Fsp3) is 1.00. The van der Waals surface area contributed by atoms with E-state index in [4.69, 9.17) is 0 Å². The normalized spacial score (nSPS) is 40.9.